The number of guanidine groups is 1. The highest BCUT2D eigenvalue weighted by Gasteiger charge is 1.94. The number of methoxy groups -OCH3 is 1. The van der Waals surface area contributed by atoms with E-state index in [1.165, 1.54) is 0 Å². The van der Waals surface area contributed by atoms with E-state index >= 15 is 0 Å². The van der Waals surface area contributed by atoms with Gasteiger partial charge >= 0.3 is 0 Å². The van der Waals surface area contributed by atoms with Crippen LogP contribution in [0.15, 0.2) is 29.3 Å². The normalized spacial score (nSPS) is 11.5. The summed E-state index contributed by atoms with van der Waals surface area (Å²) in [5.74, 6) is 0.507. The van der Waals surface area contributed by atoms with Crippen LogP contribution < -0.4 is 11.1 Å². The summed E-state index contributed by atoms with van der Waals surface area (Å²) < 4.78 is 5.05. The van der Waals surface area contributed by atoms with Crippen molar-refractivity contribution in [2.75, 3.05) is 13.7 Å². The maximum absolute atomic E-state index is 5.70. The minimum Gasteiger partial charge on any atom is -0.380 e. The van der Waals surface area contributed by atoms with Gasteiger partial charge in [0.25, 0.3) is 0 Å². The summed E-state index contributed by atoms with van der Waals surface area (Å²) in [6, 6.07) is 8.18. The first-order chi connectivity index (χ1) is 8.26. The first-order valence-corrected chi connectivity index (χ1v) is 5.86. The van der Waals surface area contributed by atoms with Crippen LogP contribution in [-0.2, 0) is 17.9 Å². The first kappa shape index (κ1) is 13.5. The number of nitrogens with zero attached hydrogens (tertiary/aromatic N) is 1. The Morgan fingerprint density at radius 1 is 1.29 bits per heavy atom. The molecule has 94 valence electrons. The van der Waals surface area contributed by atoms with Crippen LogP contribution >= 0.6 is 0 Å². The van der Waals surface area contributed by atoms with Crippen LogP contribution in [0.2, 0.25) is 0 Å². The van der Waals surface area contributed by atoms with E-state index in [2.05, 4.69) is 17.2 Å². The molecule has 1 aromatic carbocycles. The predicted octanol–water partition coefficient (Wildman–Crippen LogP) is 1.65. The topological polar surface area (TPSA) is 59.6 Å². The third-order valence-corrected chi connectivity index (χ3v) is 2.32. The Labute approximate surface area is 103 Å². The summed E-state index contributed by atoms with van der Waals surface area (Å²) in [6.45, 7) is 4.20. The lowest BCUT2D eigenvalue weighted by molar-refractivity contribution is 0.185. The Balaban J connectivity index is 2.46. The fourth-order valence-corrected chi connectivity index (χ4v) is 1.39. The van der Waals surface area contributed by atoms with Crippen LogP contribution in [0.4, 0.5) is 0 Å². The van der Waals surface area contributed by atoms with Gasteiger partial charge in [0.2, 0.25) is 0 Å². The molecule has 0 fully saturated rings. The zero-order valence-corrected chi connectivity index (χ0v) is 10.6. The number of hydrogen-bond acceptors (Lipinski definition) is 2. The van der Waals surface area contributed by atoms with E-state index in [4.69, 9.17) is 10.5 Å². The second kappa shape index (κ2) is 7.68. The summed E-state index contributed by atoms with van der Waals surface area (Å²) in [6.07, 6.45) is 1.04. The van der Waals surface area contributed by atoms with Gasteiger partial charge in [0, 0.05) is 13.7 Å². The molecule has 4 heteroatoms. The van der Waals surface area contributed by atoms with Gasteiger partial charge in [0.15, 0.2) is 5.96 Å². The summed E-state index contributed by atoms with van der Waals surface area (Å²) >= 11 is 0. The van der Waals surface area contributed by atoms with E-state index in [0.29, 0.717) is 19.1 Å². The number of ether oxygens (including phenoxy) is 1. The van der Waals surface area contributed by atoms with Gasteiger partial charge in [-0.15, -0.1) is 0 Å². The molecule has 0 atom stereocenters. The summed E-state index contributed by atoms with van der Waals surface area (Å²) in [5.41, 5.74) is 8.01. The van der Waals surface area contributed by atoms with Gasteiger partial charge in [-0.3, -0.25) is 0 Å². The maximum Gasteiger partial charge on any atom is 0.188 e. The molecule has 4 nitrogen and oxygen atoms in total. The Morgan fingerprint density at radius 3 is 2.53 bits per heavy atom. The molecule has 0 aromatic heterocycles. The highest BCUT2D eigenvalue weighted by Crippen LogP contribution is 2.06. The van der Waals surface area contributed by atoms with E-state index in [1.54, 1.807) is 7.11 Å². The number of hydrogen-bond donors (Lipinski definition) is 2. The van der Waals surface area contributed by atoms with Gasteiger partial charge in [-0.05, 0) is 17.5 Å². The lowest BCUT2D eigenvalue weighted by Crippen LogP contribution is -2.32. The van der Waals surface area contributed by atoms with Crippen LogP contribution in [0.3, 0.4) is 0 Å². The van der Waals surface area contributed by atoms with Crippen molar-refractivity contribution >= 4 is 5.96 Å². The number of nitrogens with one attached hydrogen (secondary N) is 1. The monoisotopic (exact) mass is 235 g/mol. The molecule has 0 amide bonds. The van der Waals surface area contributed by atoms with E-state index < -0.39 is 0 Å². The lowest BCUT2D eigenvalue weighted by atomic mass is 10.1. The second-order valence-corrected chi connectivity index (χ2v) is 3.88. The highest BCUT2D eigenvalue weighted by atomic mass is 16.5. The first-order valence-electron chi connectivity index (χ1n) is 5.86. The molecular weight excluding hydrogens is 214 g/mol. The Morgan fingerprint density at radius 2 is 1.94 bits per heavy atom. The van der Waals surface area contributed by atoms with Crippen LogP contribution in [0.1, 0.15) is 24.5 Å². The standard InChI is InChI=1S/C13H21N3O/c1-3-8-15-13(14)16-9-11-4-6-12(7-5-11)10-17-2/h4-7H,3,8-10H2,1-2H3,(H3,14,15,16). The molecule has 0 spiro atoms. The molecule has 1 rings (SSSR count). The van der Waals surface area contributed by atoms with Crippen molar-refractivity contribution in [1.29, 1.82) is 0 Å². The Hall–Kier alpha value is -1.55. The van der Waals surface area contributed by atoms with Crippen molar-refractivity contribution < 1.29 is 4.74 Å². The van der Waals surface area contributed by atoms with E-state index in [9.17, 15) is 0 Å². The van der Waals surface area contributed by atoms with Crippen molar-refractivity contribution in [2.24, 2.45) is 10.7 Å². The van der Waals surface area contributed by atoms with Crippen molar-refractivity contribution in [3.05, 3.63) is 35.4 Å². The molecule has 0 unspecified atom stereocenters. The third kappa shape index (κ3) is 5.36. The van der Waals surface area contributed by atoms with Crippen molar-refractivity contribution in [3.63, 3.8) is 0 Å². The van der Waals surface area contributed by atoms with Crippen molar-refractivity contribution in [1.82, 2.24) is 5.32 Å². The number of aliphatic imine (C=N–C) groups is 1. The fourth-order valence-electron chi connectivity index (χ4n) is 1.39. The second-order valence-electron chi connectivity index (χ2n) is 3.88. The van der Waals surface area contributed by atoms with E-state index in [1.807, 2.05) is 24.3 Å². The van der Waals surface area contributed by atoms with Gasteiger partial charge in [-0.2, -0.15) is 0 Å². The molecule has 0 aliphatic carbocycles. The minimum atomic E-state index is 0.507. The smallest absolute Gasteiger partial charge is 0.188 e. The third-order valence-electron chi connectivity index (χ3n) is 2.32. The van der Waals surface area contributed by atoms with Gasteiger partial charge in [-0.25, -0.2) is 4.99 Å². The van der Waals surface area contributed by atoms with Crippen LogP contribution in [0, 0.1) is 0 Å². The van der Waals surface area contributed by atoms with Crippen molar-refractivity contribution in [3.8, 4) is 0 Å². The molecule has 0 heterocycles. The van der Waals surface area contributed by atoms with Crippen LogP contribution in [0.25, 0.3) is 0 Å². The van der Waals surface area contributed by atoms with Gasteiger partial charge in [-0.1, -0.05) is 31.2 Å². The molecular formula is C13H21N3O. The molecule has 17 heavy (non-hydrogen) atoms. The van der Waals surface area contributed by atoms with E-state index in [0.717, 1.165) is 24.1 Å². The van der Waals surface area contributed by atoms with Crippen LogP contribution in [0.5, 0.6) is 0 Å². The molecule has 0 aliphatic heterocycles. The minimum absolute atomic E-state index is 0.507. The highest BCUT2D eigenvalue weighted by molar-refractivity contribution is 5.77. The summed E-state index contributed by atoms with van der Waals surface area (Å²) in [4.78, 5) is 4.26. The SMILES string of the molecule is CCCNC(N)=NCc1ccc(COC)cc1. The summed E-state index contributed by atoms with van der Waals surface area (Å²) in [7, 11) is 1.69. The molecule has 0 aliphatic rings. The Bertz CT molecular complexity index is 346. The Kier molecular flexibility index (Phi) is 6.10. The van der Waals surface area contributed by atoms with Crippen LogP contribution in [-0.4, -0.2) is 19.6 Å². The number of nitrogens with two attached hydrogens (primary N) is 1. The molecule has 3 N–H and O–H groups in total. The molecule has 0 radical (unpaired) electrons. The van der Waals surface area contributed by atoms with Gasteiger partial charge in [0.1, 0.15) is 0 Å². The number of benzene rings is 1. The predicted molar refractivity (Wildman–Crippen MR) is 70.8 cm³/mol. The molecule has 0 bridgehead atoms. The quantitative estimate of drug-likeness (QED) is 0.582. The van der Waals surface area contributed by atoms with Crippen molar-refractivity contribution in [2.45, 2.75) is 26.5 Å². The summed E-state index contributed by atoms with van der Waals surface area (Å²) in [5, 5.41) is 3.04. The lowest BCUT2D eigenvalue weighted by Gasteiger charge is -2.04. The average Bonchev–Trinajstić information content (AvgIpc) is 2.36. The maximum atomic E-state index is 5.70. The molecule has 0 saturated carbocycles. The number of rotatable bonds is 6. The zero-order valence-electron chi connectivity index (χ0n) is 10.6. The fraction of sp³-hybridized carbons (Fsp3) is 0.462. The van der Waals surface area contributed by atoms with Gasteiger partial charge in [0.05, 0.1) is 13.2 Å². The molecule has 1 aromatic rings. The largest absolute Gasteiger partial charge is 0.380 e. The average molecular weight is 235 g/mol. The molecule has 0 saturated heterocycles. The zero-order chi connectivity index (χ0) is 12.5. The van der Waals surface area contributed by atoms with E-state index in [-0.39, 0.29) is 0 Å². The van der Waals surface area contributed by atoms with Gasteiger partial charge < -0.3 is 15.8 Å².